The smallest absolute Gasteiger partial charge is 0.329 e. The van der Waals surface area contributed by atoms with Gasteiger partial charge >= 0.3 is 5.97 Å². The number of nitrogens with zero attached hydrogens (tertiary/aromatic N) is 3. The molecule has 0 aliphatic heterocycles. The molecule has 0 rings (SSSR count). The highest BCUT2D eigenvalue weighted by atomic mass is 16.4. The summed E-state index contributed by atoms with van der Waals surface area (Å²) in [5.41, 5.74) is 0. The molecule has 0 heterocycles. The van der Waals surface area contributed by atoms with Crippen molar-refractivity contribution in [1.82, 2.24) is 0 Å². The van der Waals surface area contributed by atoms with Crippen LogP contribution in [0.4, 0.5) is 0 Å². The highest BCUT2D eigenvalue weighted by molar-refractivity contribution is 5.75. The lowest BCUT2D eigenvalue weighted by atomic mass is 9.91. The molecule has 0 fully saturated rings. The highest BCUT2D eigenvalue weighted by Gasteiger charge is 2.27. The van der Waals surface area contributed by atoms with E-state index in [4.69, 9.17) is 5.11 Å². The zero-order valence-electron chi connectivity index (χ0n) is 10.1. The maximum Gasteiger partial charge on any atom is 0.329 e. The van der Waals surface area contributed by atoms with E-state index in [1.54, 1.807) is 0 Å². The number of rotatable bonds is 10. The Morgan fingerprint density at radius 2 is 1.63 bits per heavy atom. The Balaban J connectivity index is 4.68. The molecule has 2 atom stereocenters. The molecule has 2 unspecified atom stereocenters. The van der Waals surface area contributed by atoms with Gasteiger partial charge in [-0.05, 0) is 25.2 Å². The number of hydrogen-bond acceptors (Lipinski definition) is 7. The molecule has 0 spiro atoms. The number of aliphatic carboxylic acids is 1. The summed E-state index contributed by atoms with van der Waals surface area (Å²) in [6.45, 7) is 0.317. The third-order valence-corrected chi connectivity index (χ3v) is 2.48. The lowest BCUT2D eigenvalue weighted by Gasteiger charge is -2.18. The molecule has 0 aromatic heterocycles. The van der Waals surface area contributed by atoms with Crippen molar-refractivity contribution in [3.05, 3.63) is 0 Å². The van der Waals surface area contributed by atoms with Crippen LogP contribution in [0.1, 0.15) is 19.3 Å². The summed E-state index contributed by atoms with van der Waals surface area (Å²) in [5.74, 6) is -1.74. The summed E-state index contributed by atoms with van der Waals surface area (Å²) in [6, 6.07) is -1.24. The van der Waals surface area contributed by atoms with Gasteiger partial charge in [-0.25, -0.2) is 29.2 Å². The number of aliphatic imine (C=N–C) groups is 3. The van der Waals surface area contributed by atoms with Crippen LogP contribution in [0.15, 0.2) is 15.0 Å². The number of isocyanates is 3. The predicted octanol–water partition coefficient (Wildman–Crippen LogP) is 0.233. The minimum atomic E-state index is -1.25. The first kappa shape index (κ1) is 16.6. The van der Waals surface area contributed by atoms with Crippen molar-refractivity contribution in [1.29, 1.82) is 0 Å². The molecule has 8 heteroatoms. The third-order valence-electron chi connectivity index (χ3n) is 2.48. The molecule has 0 radical (unpaired) electrons. The van der Waals surface area contributed by atoms with E-state index in [1.165, 1.54) is 18.2 Å². The van der Waals surface area contributed by atoms with Crippen LogP contribution in [0.2, 0.25) is 0 Å². The second-order valence-electron chi connectivity index (χ2n) is 3.64. The van der Waals surface area contributed by atoms with Gasteiger partial charge < -0.3 is 5.11 Å². The summed E-state index contributed by atoms with van der Waals surface area (Å²) >= 11 is 0. The third kappa shape index (κ3) is 7.52. The van der Waals surface area contributed by atoms with E-state index in [9.17, 15) is 19.2 Å². The van der Waals surface area contributed by atoms with Crippen LogP contribution in [-0.4, -0.2) is 48.4 Å². The normalized spacial score (nSPS) is 12.2. The molecule has 0 aromatic carbocycles. The Morgan fingerprint density at radius 1 is 1.00 bits per heavy atom. The Bertz CT molecular complexity index is 430. The maximum atomic E-state index is 11.0. The van der Waals surface area contributed by atoms with E-state index in [-0.39, 0.29) is 19.5 Å². The standard InChI is InChI=1S/C11H13N3O5/c15-6-12-4-1-2-9(3-5-13-7-16)10(11(18)19)14-8-17/h9-10H,1-5H2,(H,18,19). The SMILES string of the molecule is O=C=NCCCC(CCN=C=O)C(N=C=O)C(=O)O. The molecule has 0 aliphatic carbocycles. The van der Waals surface area contributed by atoms with Gasteiger partial charge in [0.2, 0.25) is 18.2 Å². The van der Waals surface area contributed by atoms with Crippen LogP contribution in [-0.2, 0) is 19.2 Å². The van der Waals surface area contributed by atoms with Crippen LogP contribution in [0.5, 0.6) is 0 Å². The quantitative estimate of drug-likeness (QED) is 0.344. The summed E-state index contributed by atoms with van der Waals surface area (Å²) in [6.07, 6.45) is 5.04. The molecule has 0 amide bonds. The van der Waals surface area contributed by atoms with Crippen molar-refractivity contribution in [2.45, 2.75) is 25.3 Å². The van der Waals surface area contributed by atoms with Crippen molar-refractivity contribution in [3.63, 3.8) is 0 Å². The summed E-state index contributed by atoms with van der Waals surface area (Å²) in [5, 5.41) is 8.97. The minimum Gasteiger partial charge on any atom is -0.480 e. The van der Waals surface area contributed by atoms with Gasteiger partial charge in [0.25, 0.3) is 0 Å². The fourth-order valence-electron chi connectivity index (χ4n) is 1.63. The average Bonchev–Trinajstić information content (AvgIpc) is 2.39. The van der Waals surface area contributed by atoms with E-state index < -0.39 is 17.9 Å². The Kier molecular flexibility index (Phi) is 9.39. The van der Waals surface area contributed by atoms with Crippen LogP contribution >= 0.6 is 0 Å². The van der Waals surface area contributed by atoms with Crippen LogP contribution in [0, 0.1) is 5.92 Å². The van der Waals surface area contributed by atoms with Gasteiger partial charge in [-0.1, -0.05) is 0 Å². The van der Waals surface area contributed by atoms with Gasteiger partial charge in [0, 0.05) is 0 Å². The number of hydrogen-bond donors (Lipinski definition) is 1. The fourth-order valence-corrected chi connectivity index (χ4v) is 1.63. The lowest BCUT2D eigenvalue weighted by molar-refractivity contribution is -0.139. The van der Waals surface area contributed by atoms with Gasteiger partial charge in [-0.3, -0.25) is 0 Å². The molecule has 102 valence electrons. The summed E-state index contributed by atoms with van der Waals surface area (Å²) < 4.78 is 0. The number of carbonyl (C=O) groups is 1. The number of carbonyl (C=O) groups excluding carboxylic acids is 3. The van der Waals surface area contributed by atoms with Gasteiger partial charge in [0.05, 0.1) is 13.1 Å². The molecular formula is C11H13N3O5. The molecule has 0 saturated heterocycles. The Hall–Kier alpha value is -2.39. The lowest BCUT2D eigenvalue weighted by Crippen LogP contribution is -2.28. The molecule has 0 saturated carbocycles. The van der Waals surface area contributed by atoms with Gasteiger partial charge in [-0.15, -0.1) is 0 Å². The Morgan fingerprint density at radius 3 is 2.16 bits per heavy atom. The first-order valence-corrected chi connectivity index (χ1v) is 5.54. The van der Waals surface area contributed by atoms with E-state index in [2.05, 4.69) is 15.0 Å². The van der Waals surface area contributed by atoms with Gasteiger partial charge in [0.15, 0.2) is 6.04 Å². The summed E-state index contributed by atoms with van der Waals surface area (Å²) in [7, 11) is 0. The van der Waals surface area contributed by atoms with Gasteiger partial charge in [-0.2, -0.15) is 4.99 Å². The first-order chi connectivity index (χ1) is 9.17. The van der Waals surface area contributed by atoms with Crippen molar-refractivity contribution >= 4 is 24.2 Å². The molecule has 1 N–H and O–H groups in total. The first-order valence-electron chi connectivity index (χ1n) is 5.54. The van der Waals surface area contributed by atoms with Crippen LogP contribution < -0.4 is 0 Å². The van der Waals surface area contributed by atoms with Crippen molar-refractivity contribution in [2.75, 3.05) is 13.1 Å². The monoisotopic (exact) mass is 267 g/mol. The Labute approximate surface area is 109 Å². The molecule has 0 aliphatic rings. The van der Waals surface area contributed by atoms with Crippen molar-refractivity contribution < 1.29 is 24.3 Å². The van der Waals surface area contributed by atoms with Crippen LogP contribution in [0.3, 0.4) is 0 Å². The molecular weight excluding hydrogens is 254 g/mol. The molecule has 0 aromatic rings. The van der Waals surface area contributed by atoms with Crippen LogP contribution in [0.25, 0.3) is 0 Å². The fraction of sp³-hybridized carbons (Fsp3) is 0.636. The second kappa shape index (κ2) is 10.7. The topological polar surface area (TPSA) is 126 Å². The average molecular weight is 267 g/mol. The predicted molar refractivity (Wildman–Crippen MR) is 62.9 cm³/mol. The number of carboxylic acid groups (broad SMARTS) is 1. The second-order valence-corrected chi connectivity index (χ2v) is 3.64. The number of carboxylic acids is 1. The van der Waals surface area contributed by atoms with E-state index in [1.807, 2.05) is 0 Å². The van der Waals surface area contributed by atoms with Crippen molar-refractivity contribution in [3.8, 4) is 0 Å². The highest BCUT2D eigenvalue weighted by Crippen LogP contribution is 2.19. The van der Waals surface area contributed by atoms with Crippen molar-refractivity contribution in [2.24, 2.45) is 20.9 Å². The minimum absolute atomic E-state index is 0.100. The molecule has 0 bridgehead atoms. The van der Waals surface area contributed by atoms with Gasteiger partial charge in [0.1, 0.15) is 0 Å². The zero-order chi connectivity index (χ0) is 14.5. The molecule has 19 heavy (non-hydrogen) atoms. The summed E-state index contributed by atoms with van der Waals surface area (Å²) in [4.78, 5) is 51.0. The van der Waals surface area contributed by atoms with E-state index in [0.29, 0.717) is 12.8 Å². The molecule has 8 nitrogen and oxygen atoms in total. The maximum absolute atomic E-state index is 11.0. The zero-order valence-corrected chi connectivity index (χ0v) is 10.1. The largest absolute Gasteiger partial charge is 0.480 e. The van der Waals surface area contributed by atoms with E-state index in [0.717, 1.165) is 0 Å². The van der Waals surface area contributed by atoms with E-state index >= 15 is 0 Å².